The molecule has 0 amide bonds. The molecule has 2 rings (SSSR count). The molecule has 0 unspecified atom stereocenters. The Bertz CT molecular complexity index is 652. The summed E-state index contributed by atoms with van der Waals surface area (Å²) in [5.74, 6) is 0.234. The average molecular weight is 271 g/mol. The van der Waals surface area contributed by atoms with E-state index in [1.54, 1.807) is 0 Å². The largest absolute Gasteiger partial charge is 0.496 e. The number of ether oxygens (including phenoxy) is 1. The lowest BCUT2D eigenvalue weighted by Crippen LogP contribution is -2.10. The highest BCUT2D eigenvalue weighted by Gasteiger charge is 2.40. The van der Waals surface area contributed by atoms with Crippen molar-refractivity contribution in [3.05, 3.63) is 46.0 Å². The predicted molar refractivity (Wildman–Crippen MR) is 62.2 cm³/mol. The Morgan fingerprint density at radius 1 is 1.16 bits per heavy atom. The van der Waals surface area contributed by atoms with Crippen LogP contribution in [0.1, 0.15) is 5.56 Å². The van der Waals surface area contributed by atoms with Crippen molar-refractivity contribution >= 4 is 16.5 Å². The first-order valence-corrected chi connectivity index (χ1v) is 5.17. The molecule has 0 aliphatic carbocycles. The summed E-state index contributed by atoms with van der Waals surface area (Å²) in [5.41, 5.74) is -2.22. The van der Waals surface area contributed by atoms with Gasteiger partial charge in [0.2, 0.25) is 0 Å². The molecular weight excluding hydrogens is 263 g/mol. The fraction of sp³-hybridized carbons (Fsp3) is 0.167. The lowest BCUT2D eigenvalue weighted by atomic mass is 10.0. The number of alkyl halides is 3. The molecule has 0 fully saturated rings. The minimum absolute atomic E-state index is 0.183. The first-order chi connectivity index (χ1) is 8.86. The molecule has 0 bridgehead atoms. The number of benzene rings is 2. The fourth-order valence-corrected chi connectivity index (χ4v) is 1.95. The fourth-order valence-electron chi connectivity index (χ4n) is 1.95. The maximum Gasteiger partial charge on any atom is 0.423 e. The third-order valence-electron chi connectivity index (χ3n) is 2.70. The second-order valence-corrected chi connectivity index (χ2v) is 3.77. The highest BCUT2D eigenvalue weighted by Crippen LogP contribution is 2.42. The summed E-state index contributed by atoms with van der Waals surface area (Å²) in [6.07, 6.45) is -4.81. The molecule has 19 heavy (non-hydrogen) atoms. The van der Waals surface area contributed by atoms with Crippen LogP contribution in [0.2, 0.25) is 0 Å². The van der Waals surface area contributed by atoms with Crippen LogP contribution in [0.15, 0.2) is 30.3 Å². The SMILES string of the molecule is COc1cccc2c(C(F)(F)F)c([N+](=O)[O-])ccc12. The zero-order chi connectivity index (χ0) is 14.2. The van der Waals surface area contributed by atoms with Crippen molar-refractivity contribution in [2.24, 2.45) is 0 Å². The second kappa shape index (κ2) is 4.42. The summed E-state index contributed by atoms with van der Waals surface area (Å²) in [7, 11) is 1.32. The normalized spacial score (nSPS) is 11.6. The van der Waals surface area contributed by atoms with Crippen LogP contribution in [0, 0.1) is 10.1 Å². The zero-order valence-corrected chi connectivity index (χ0v) is 9.69. The van der Waals surface area contributed by atoms with E-state index >= 15 is 0 Å². The Kier molecular flexibility index (Phi) is 3.05. The molecule has 0 radical (unpaired) electrons. The first-order valence-electron chi connectivity index (χ1n) is 5.17. The van der Waals surface area contributed by atoms with Crippen molar-refractivity contribution in [3.8, 4) is 5.75 Å². The van der Waals surface area contributed by atoms with Crippen molar-refractivity contribution in [2.75, 3.05) is 7.11 Å². The van der Waals surface area contributed by atoms with Crippen LogP contribution in [0.3, 0.4) is 0 Å². The van der Waals surface area contributed by atoms with Crippen molar-refractivity contribution < 1.29 is 22.8 Å². The Morgan fingerprint density at radius 2 is 1.84 bits per heavy atom. The minimum atomic E-state index is -4.81. The number of methoxy groups -OCH3 is 1. The molecule has 0 aliphatic rings. The van der Waals surface area contributed by atoms with Gasteiger partial charge in [-0.15, -0.1) is 0 Å². The van der Waals surface area contributed by atoms with E-state index in [1.807, 2.05) is 0 Å². The van der Waals surface area contributed by atoms with E-state index in [9.17, 15) is 23.3 Å². The van der Waals surface area contributed by atoms with Crippen LogP contribution in [0.4, 0.5) is 18.9 Å². The maximum absolute atomic E-state index is 13.0. The van der Waals surface area contributed by atoms with Crippen LogP contribution >= 0.6 is 0 Å². The predicted octanol–water partition coefficient (Wildman–Crippen LogP) is 3.78. The zero-order valence-electron chi connectivity index (χ0n) is 9.69. The van der Waals surface area contributed by atoms with Gasteiger partial charge in [0.15, 0.2) is 0 Å². The van der Waals surface area contributed by atoms with Crippen LogP contribution < -0.4 is 4.74 Å². The van der Waals surface area contributed by atoms with Gasteiger partial charge in [-0.2, -0.15) is 13.2 Å². The summed E-state index contributed by atoms with van der Waals surface area (Å²) in [6.45, 7) is 0. The topological polar surface area (TPSA) is 52.4 Å². The summed E-state index contributed by atoms with van der Waals surface area (Å²) in [4.78, 5) is 9.70. The van der Waals surface area contributed by atoms with Crippen LogP contribution in [-0.4, -0.2) is 12.0 Å². The monoisotopic (exact) mass is 271 g/mol. The first kappa shape index (κ1) is 13.1. The lowest BCUT2D eigenvalue weighted by molar-refractivity contribution is -0.387. The van der Waals surface area contributed by atoms with Gasteiger partial charge in [0, 0.05) is 16.8 Å². The number of hydrogen-bond acceptors (Lipinski definition) is 3. The van der Waals surface area contributed by atoms with Gasteiger partial charge in [0.1, 0.15) is 11.3 Å². The van der Waals surface area contributed by atoms with Crippen molar-refractivity contribution in [3.63, 3.8) is 0 Å². The van der Waals surface area contributed by atoms with Gasteiger partial charge in [0.25, 0.3) is 5.69 Å². The van der Waals surface area contributed by atoms with E-state index < -0.39 is 22.4 Å². The third-order valence-corrected chi connectivity index (χ3v) is 2.70. The van der Waals surface area contributed by atoms with E-state index in [4.69, 9.17) is 4.74 Å². The van der Waals surface area contributed by atoms with Gasteiger partial charge in [-0.25, -0.2) is 0 Å². The Morgan fingerprint density at radius 3 is 2.37 bits per heavy atom. The number of fused-ring (bicyclic) bond motifs is 1. The van der Waals surface area contributed by atoms with Gasteiger partial charge in [-0.3, -0.25) is 10.1 Å². The number of nitro benzene ring substituents is 1. The molecule has 0 heterocycles. The lowest BCUT2D eigenvalue weighted by Gasteiger charge is -2.12. The number of nitrogens with zero attached hydrogens (tertiary/aromatic N) is 1. The molecule has 2 aromatic carbocycles. The summed E-state index contributed by atoms with van der Waals surface area (Å²) in [5, 5.41) is 10.7. The van der Waals surface area contributed by atoms with E-state index in [1.165, 1.54) is 31.4 Å². The Labute approximate surface area is 105 Å². The quantitative estimate of drug-likeness (QED) is 0.617. The van der Waals surface area contributed by atoms with Crippen molar-refractivity contribution in [1.82, 2.24) is 0 Å². The van der Waals surface area contributed by atoms with Gasteiger partial charge in [-0.1, -0.05) is 12.1 Å². The molecule has 0 N–H and O–H groups in total. The number of nitro groups is 1. The summed E-state index contributed by atoms with van der Waals surface area (Å²) < 4.78 is 44.0. The van der Waals surface area contributed by atoms with Crippen LogP contribution in [0.5, 0.6) is 5.75 Å². The molecule has 0 aromatic heterocycles. The molecule has 4 nitrogen and oxygen atoms in total. The Balaban J connectivity index is 2.93. The molecule has 0 aliphatic heterocycles. The summed E-state index contributed by atoms with van der Waals surface area (Å²) in [6, 6.07) is 6.14. The number of hydrogen-bond donors (Lipinski definition) is 0. The average Bonchev–Trinajstić information content (AvgIpc) is 2.35. The van der Waals surface area contributed by atoms with Gasteiger partial charge >= 0.3 is 6.18 Å². The van der Waals surface area contributed by atoms with Gasteiger partial charge in [-0.05, 0) is 12.1 Å². The minimum Gasteiger partial charge on any atom is -0.496 e. The number of rotatable bonds is 2. The number of halogens is 3. The molecule has 0 spiro atoms. The smallest absolute Gasteiger partial charge is 0.423 e. The molecular formula is C12H8F3NO3. The molecule has 0 saturated heterocycles. The van der Waals surface area contributed by atoms with Crippen LogP contribution in [0.25, 0.3) is 10.8 Å². The Hall–Kier alpha value is -2.31. The highest BCUT2D eigenvalue weighted by molar-refractivity contribution is 5.93. The molecule has 2 aromatic rings. The van der Waals surface area contributed by atoms with Gasteiger partial charge in [0.05, 0.1) is 12.0 Å². The van der Waals surface area contributed by atoms with E-state index in [0.29, 0.717) is 0 Å². The van der Waals surface area contributed by atoms with E-state index in [2.05, 4.69) is 0 Å². The van der Waals surface area contributed by atoms with E-state index in [-0.39, 0.29) is 16.5 Å². The summed E-state index contributed by atoms with van der Waals surface area (Å²) >= 11 is 0. The maximum atomic E-state index is 13.0. The van der Waals surface area contributed by atoms with Crippen LogP contribution in [-0.2, 0) is 6.18 Å². The van der Waals surface area contributed by atoms with Crippen molar-refractivity contribution in [2.45, 2.75) is 6.18 Å². The van der Waals surface area contributed by atoms with Gasteiger partial charge < -0.3 is 4.74 Å². The third kappa shape index (κ3) is 2.18. The van der Waals surface area contributed by atoms with E-state index in [0.717, 1.165) is 6.07 Å². The molecule has 7 heteroatoms. The second-order valence-electron chi connectivity index (χ2n) is 3.77. The standard InChI is InChI=1S/C12H8F3NO3/c1-19-10-4-2-3-8-7(10)5-6-9(16(17)18)11(8)12(13,14)15/h2-6H,1H3. The van der Waals surface area contributed by atoms with Crippen molar-refractivity contribution in [1.29, 1.82) is 0 Å². The molecule has 0 saturated carbocycles. The molecule has 100 valence electrons. The molecule has 0 atom stereocenters. The highest BCUT2D eigenvalue weighted by atomic mass is 19.4.